The summed E-state index contributed by atoms with van der Waals surface area (Å²) >= 11 is 0. The second-order valence-electron chi connectivity index (χ2n) is 4.97. The van der Waals surface area contributed by atoms with E-state index in [4.69, 9.17) is 0 Å². The number of hydrogen-bond donors (Lipinski definition) is 2. The summed E-state index contributed by atoms with van der Waals surface area (Å²) in [6.45, 7) is 2.96. The number of H-pyrrole nitrogens is 1. The lowest BCUT2D eigenvalue weighted by Crippen LogP contribution is -2.24. The van der Waals surface area contributed by atoms with Crippen LogP contribution in [0.2, 0.25) is 0 Å². The molecule has 18 heavy (non-hydrogen) atoms. The van der Waals surface area contributed by atoms with Gasteiger partial charge >= 0.3 is 0 Å². The van der Waals surface area contributed by atoms with Gasteiger partial charge in [0.15, 0.2) is 5.78 Å². The summed E-state index contributed by atoms with van der Waals surface area (Å²) in [6, 6.07) is 6.05. The number of benzene rings is 1. The van der Waals surface area contributed by atoms with E-state index < -0.39 is 0 Å². The first-order valence-electron chi connectivity index (χ1n) is 6.45. The molecule has 4 nitrogen and oxygen atoms in total. The number of carbonyl (C=O) groups excluding carboxylic acids is 1. The molecule has 1 aliphatic heterocycles. The number of carbonyl (C=O) groups is 1. The van der Waals surface area contributed by atoms with Crippen LogP contribution in [0.5, 0.6) is 0 Å². The Labute approximate surface area is 106 Å². The van der Waals surface area contributed by atoms with E-state index in [0.29, 0.717) is 12.5 Å². The summed E-state index contributed by atoms with van der Waals surface area (Å²) in [6.07, 6.45) is 2.88. The molecule has 2 N–H and O–H groups in total. The molecule has 1 unspecified atom stereocenters. The third-order valence-corrected chi connectivity index (χ3v) is 3.52. The van der Waals surface area contributed by atoms with Crippen molar-refractivity contribution in [1.29, 1.82) is 0 Å². The molecule has 3 rings (SSSR count). The summed E-state index contributed by atoms with van der Waals surface area (Å²) < 4.78 is 0. The number of nitrogens with one attached hydrogen (secondary N) is 2. The SMILES string of the molecule is Cc1nc2ccc(C(=O)CC3CCCN3)cc2[nH]1. The number of imidazole rings is 1. The molecule has 1 aromatic heterocycles. The van der Waals surface area contributed by atoms with Gasteiger partial charge in [0.2, 0.25) is 0 Å². The van der Waals surface area contributed by atoms with E-state index in [1.165, 1.54) is 6.42 Å². The molecule has 1 saturated heterocycles. The van der Waals surface area contributed by atoms with Crippen molar-refractivity contribution in [3.05, 3.63) is 29.6 Å². The van der Waals surface area contributed by atoms with Crippen LogP contribution in [0.4, 0.5) is 0 Å². The highest BCUT2D eigenvalue weighted by atomic mass is 16.1. The van der Waals surface area contributed by atoms with Crippen LogP contribution >= 0.6 is 0 Å². The molecular weight excluding hydrogens is 226 g/mol. The van der Waals surface area contributed by atoms with Gasteiger partial charge in [0.05, 0.1) is 11.0 Å². The second kappa shape index (κ2) is 4.53. The number of aromatic nitrogens is 2. The van der Waals surface area contributed by atoms with Crippen LogP contribution in [0, 0.1) is 6.92 Å². The molecule has 94 valence electrons. The molecule has 0 bridgehead atoms. The van der Waals surface area contributed by atoms with E-state index in [0.717, 1.165) is 35.4 Å². The minimum atomic E-state index is 0.212. The minimum absolute atomic E-state index is 0.212. The number of nitrogens with zero attached hydrogens (tertiary/aromatic N) is 1. The summed E-state index contributed by atoms with van der Waals surface area (Å²) in [4.78, 5) is 19.7. The Morgan fingerprint density at radius 3 is 3.17 bits per heavy atom. The maximum Gasteiger partial charge on any atom is 0.164 e. The molecule has 1 aliphatic rings. The molecule has 4 heteroatoms. The van der Waals surface area contributed by atoms with E-state index in [-0.39, 0.29) is 5.78 Å². The quantitative estimate of drug-likeness (QED) is 0.812. The predicted molar refractivity (Wildman–Crippen MR) is 70.8 cm³/mol. The van der Waals surface area contributed by atoms with Gasteiger partial charge in [-0.3, -0.25) is 4.79 Å². The Balaban J connectivity index is 1.81. The maximum absolute atomic E-state index is 12.2. The van der Waals surface area contributed by atoms with Crippen molar-refractivity contribution >= 4 is 16.8 Å². The van der Waals surface area contributed by atoms with Gasteiger partial charge in [0.25, 0.3) is 0 Å². The number of Topliss-reactive ketones (excluding diaryl/α,β-unsaturated/α-hetero) is 1. The third-order valence-electron chi connectivity index (χ3n) is 3.52. The van der Waals surface area contributed by atoms with Gasteiger partial charge in [-0.15, -0.1) is 0 Å². The van der Waals surface area contributed by atoms with Crippen molar-refractivity contribution in [1.82, 2.24) is 15.3 Å². The summed E-state index contributed by atoms with van der Waals surface area (Å²) in [5, 5.41) is 3.36. The Morgan fingerprint density at radius 2 is 2.39 bits per heavy atom. The first-order chi connectivity index (χ1) is 8.72. The van der Waals surface area contributed by atoms with Crippen molar-refractivity contribution < 1.29 is 4.79 Å². The van der Waals surface area contributed by atoms with Crippen molar-refractivity contribution in [3.8, 4) is 0 Å². The topological polar surface area (TPSA) is 57.8 Å². The van der Waals surface area contributed by atoms with Gasteiger partial charge in [0, 0.05) is 18.0 Å². The predicted octanol–water partition coefficient (Wildman–Crippen LogP) is 2.20. The average molecular weight is 243 g/mol. The molecule has 0 saturated carbocycles. The Morgan fingerprint density at radius 1 is 1.50 bits per heavy atom. The Hall–Kier alpha value is -1.68. The number of aromatic amines is 1. The fourth-order valence-electron chi connectivity index (χ4n) is 2.58. The molecule has 0 spiro atoms. The van der Waals surface area contributed by atoms with Crippen LogP contribution in [-0.4, -0.2) is 28.3 Å². The van der Waals surface area contributed by atoms with E-state index in [2.05, 4.69) is 15.3 Å². The van der Waals surface area contributed by atoms with Gasteiger partial charge in [-0.2, -0.15) is 0 Å². The molecule has 0 aliphatic carbocycles. The molecule has 2 heterocycles. The monoisotopic (exact) mass is 243 g/mol. The number of aryl methyl sites for hydroxylation is 1. The van der Waals surface area contributed by atoms with Gasteiger partial charge < -0.3 is 10.3 Å². The van der Waals surface area contributed by atoms with Gasteiger partial charge in [0.1, 0.15) is 5.82 Å². The fourth-order valence-corrected chi connectivity index (χ4v) is 2.58. The van der Waals surface area contributed by atoms with Crippen molar-refractivity contribution in [3.63, 3.8) is 0 Å². The second-order valence-corrected chi connectivity index (χ2v) is 4.97. The third kappa shape index (κ3) is 2.16. The van der Waals surface area contributed by atoms with Gasteiger partial charge in [-0.05, 0) is 44.5 Å². The van der Waals surface area contributed by atoms with E-state index in [1.54, 1.807) is 0 Å². The molecule has 1 aromatic carbocycles. The van der Waals surface area contributed by atoms with E-state index >= 15 is 0 Å². The minimum Gasteiger partial charge on any atom is -0.342 e. The van der Waals surface area contributed by atoms with Crippen molar-refractivity contribution in [2.45, 2.75) is 32.2 Å². The molecular formula is C14H17N3O. The van der Waals surface area contributed by atoms with Crippen LogP contribution in [0.25, 0.3) is 11.0 Å². The largest absolute Gasteiger partial charge is 0.342 e. The number of hydrogen-bond acceptors (Lipinski definition) is 3. The molecule has 2 aromatic rings. The van der Waals surface area contributed by atoms with Gasteiger partial charge in [-0.1, -0.05) is 0 Å². The Kier molecular flexibility index (Phi) is 2.88. The van der Waals surface area contributed by atoms with Crippen molar-refractivity contribution in [2.24, 2.45) is 0 Å². The molecule has 1 atom stereocenters. The van der Waals surface area contributed by atoms with Gasteiger partial charge in [-0.25, -0.2) is 4.98 Å². The lowest BCUT2D eigenvalue weighted by Gasteiger charge is -2.08. The highest BCUT2D eigenvalue weighted by molar-refractivity contribution is 5.99. The van der Waals surface area contributed by atoms with E-state index in [1.807, 2.05) is 25.1 Å². The first kappa shape index (κ1) is 11.4. The zero-order valence-electron chi connectivity index (χ0n) is 10.5. The highest BCUT2D eigenvalue weighted by Crippen LogP contribution is 2.17. The lowest BCUT2D eigenvalue weighted by atomic mass is 10.0. The maximum atomic E-state index is 12.2. The van der Waals surface area contributed by atoms with Crippen LogP contribution in [0.3, 0.4) is 0 Å². The average Bonchev–Trinajstić information content (AvgIpc) is 2.95. The van der Waals surface area contributed by atoms with Crippen LogP contribution in [0.15, 0.2) is 18.2 Å². The normalized spacial score (nSPS) is 19.5. The first-order valence-corrected chi connectivity index (χ1v) is 6.45. The lowest BCUT2D eigenvalue weighted by molar-refractivity contribution is 0.0972. The zero-order valence-corrected chi connectivity index (χ0v) is 10.5. The Bertz CT molecular complexity index is 582. The standard InChI is InChI=1S/C14H17N3O/c1-9-16-12-5-4-10(7-13(12)17-9)14(18)8-11-3-2-6-15-11/h4-5,7,11,15H,2-3,6,8H2,1H3,(H,16,17). The van der Waals surface area contributed by atoms with E-state index in [9.17, 15) is 4.79 Å². The van der Waals surface area contributed by atoms with Crippen LogP contribution in [-0.2, 0) is 0 Å². The van der Waals surface area contributed by atoms with Crippen LogP contribution < -0.4 is 5.32 Å². The summed E-state index contributed by atoms with van der Waals surface area (Å²) in [7, 11) is 0. The highest BCUT2D eigenvalue weighted by Gasteiger charge is 2.18. The smallest absolute Gasteiger partial charge is 0.164 e. The van der Waals surface area contributed by atoms with Crippen LogP contribution in [0.1, 0.15) is 35.4 Å². The molecule has 0 amide bonds. The number of fused-ring (bicyclic) bond motifs is 1. The molecule has 0 radical (unpaired) electrons. The number of rotatable bonds is 3. The summed E-state index contributed by atoms with van der Waals surface area (Å²) in [5.41, 5.74) is 2.64. The fraction of sp³-hybridized carbons (Fsp3) is 0.429. The zero-order chi connectivity index (χ0) is 12.5. The summed E-state index contributed by atoms with van der Waals surface area (Å²) in [5.74, 6) is 1.09. The van der Waals surface area contributed by atoms with Crippen molar-refractivity contribution in [2.75, 3.05) is 6.54 Å². The molecule has 1 fully saturated rings. The number of ketones is 1.